The summed E-state index contributed by atoms with van der Waals surface area (Å²) < 4.78 is 0. The smallest absolute Gasteiger partial charge is 0.0656 e. The van der Waals surface area contributed by atoms with Crippen LogP contribution in [0.3, 0.4) is 0 Å². The summed E-state index contributed by atoms with van der Waals surface area (Å²) in [6.45, 7) is 4.43. The predicted molar refractivity (Wildman–Crippen MR) is 108 cm³/mol. The fraction of sp³-hybridized carbons (Fsp3) is 0.333. The van der Waals surface area contributed by atoms with E-state index in [0.717, 1.165) is 17.7 Å². The Bertz CT molecular complexity index is 839. The Morgan fingerprint density at radius 3 is 2.44 bits per heavy atom. The summed E-state index contributed by atoms with van der Waals surface area (Å²) in [5.74, 6) is 1.20. The second-order valence-corrected chi connectivity index (χ2v) is 8.43. The summed E-state index contributed by atoms with van der Waals surface area (Å²) in [5, 5.41) is 5.42. The number of allylic oxidation sites excluding steroid dienone is 2. The number of nitrogens with one attached hydrogen (secondary N) is 1. The van der Waals surface area contributed by atoms with E-state index < -0.39 is 0 Å². The number of anilines is 1. The maximum absolute atomic E-state index is 6.53. The lowest BCUT2D eigenvalue weighted by Crippen LogP contribution is -2.29. The highest BCUT2D eigenvalue weighted by Gasteiger charge is 2.40. The van der Waals surface area contributed by atoms with Gasteiger partial charge in [0.25, 0.3) is 0 Å². The SMILES string of the molecule is CC(C)c1ccc([C@@H]2Nc3c(Cl)cc(Cl)c(Cl)c3[C@@H]3C=CC[C@@H]32)cc1. The van der Waals surface area contributed by atoms with Gasteiger partial charge in [-0.3, -0.25) is 0 Å². The van der Waals surface area contributed by atoms with Crippen molar-refractivity contribution in [2.75, 3.05) is 5.32 Å². The third-order valence-electron chi connectivity index (χ3n) is 5.44. The van der Waals surface area contributed by atoms with E-state index in [1.807, 2.05) is 0 Å². The van der Waals surface area contributed by atoms with E-state index >= 15 is 0 Å². The molecule has 0 saturated carbocycles. The van der Waals surface area contributed by atoms with E-state index in [-0.39, 0.29) is 12.0 Å². The molecular weight excluding hydrogens is 373 g/mol. The Kier molecular flexibility index (Phi) is 4.52. The van der Waals surface area contributed by atoms with E-state index in [0.29, 0.717) is 26.9 Å². The van der Waals surface area contributed by atoms with Gasteiger partial charge in [-0.05, 0) is 35.4 Å². The van der Waals surface area contributed by atoms with Gasteiger partial charge in [0.2, 0.25) is 0 Å². The summed E-state index contributed by atoms with van der Waals surface area (Å²) >= 11 is 19.3. The molecule has 0 aromatic heterocycles. The molecule has 0 amide bonds. The third-order valence-corrected chi connectivity index (χ3v) is 6.54. The van der Waals surface area contributed by atoms with Crippen LogP contribution in [-0.2, 0) is 0 Å². The first kappa shape index (κ1) is 17.3. The van der Waals surface area contributed by atoms with E-state index in [1.165, 1.54) is 11.1 Å². The van der Waals surface area contributed by atoms with Gasteiger partial charge in [0, 0.05) is 11.5 Å². The van der Waals surface area contributed by atoms with Crippen molar-refractivity contribution in [1.82, 2.24) is 0 Å². The van der Waals surface area contributed by atoms with Crippen LogP contribution in [0.25, 0.3) is 0 Å². The maximum Gasteiger partial charge on any atom is 0.0656 e. The van der Waals surface area contributed by atoms with Crippen LogP contribution >= 0.6 is 34.8 Å². The van der Waals surface area contributed by atoms with Gasteiger partial charge >= 0.3 is 0 Å². The molecular formula is C21H20Cl3N. The minimum Gasteiger partial charge on any atom is -0.376 e. The molecule has 1 aliphatic heterocycles. The molecule has 0 unspecified atom stereocenters. The normalized spacial score (nSPS) is 24.2. The lowest BCUT2D eigenvalue weighted by molar-refractivity contribution is 0.425. The highest BCUT2D eigenvalue weighted by molar-refractivity contribution is 6.44. The van der Waals surface area contributed by atoms with Gasteiger partial charge in [-0.1, -0.05) is 85.1 Å². The molecule has 2 aliphatic rings. The molecule has 4 rings (SSSR count). The molecule has 3 atom stereocenters. The molecule has 4 heteroatoms. The second kappa shape index (κ2) is 6.54. The van der Waals surface area contributed by atoms with Gasteiger partial charge in [-0.25, -0.2) is 0 Å². The molecule has 1 heterocycles. The van der Waals surface area contributed by atoms with E-state index in [4.69, 9.17) is 34.8 Å². The van der Waals surface area contributed by atoms with E-state index in [1.54, 1.807) is 6.07 Å². The molecule has 0 saturated heterocycles. The average molecular weight is 393 g/mol. The molecule has 0 radical (unpaired) electrons. The monoisotopic (exact) mass is 391 g/mol. The molecule has 130 valence electrons. The van der Waals surface area contributed by atoms with Crippen molar-refractivity contribution in [3.63, 3.8) is 0 Å². The molecule has 1 nitrogen and oxygen atoms in total. The molecule has 0 bridgehead atoms. The first-order valence-corrected chi connectivity index (χ1v) is 9.81. The van der Waals surface area contributed by atoms with Gasteiger partial charge in [-0.15, -0.1) is 0 Å². The number of halogens is 3. The Balaban J connectivity index is 1.79. The fourth-order valence-corrected chi connectivity index (χ4v) is 4.89. The Morgan fingerprint density at radius 1 is 1.04 bits per heavy atom. The van der Waals surface area contributed by atoms with Crippen LogP contribution in [0.2, 0.25) is 15.1 Å². The van der Waals surface area contributed by atoms with Crippen molar-refractivity contribution < 1.29 is 0 Å². The number of rotatable bonds is 2. The first-order valence-electron chi connectivity index (χ1n) is 8.67. The molecule has 1 aliphatic carbocycles. The van der Waals surface area contributed by atoms with Crippen molar-refractivity contribution in [3.05, 3.63) is 74.2 Å². The van der Waals surface area contributed by atoms with E-state index in [9.17, 15) is 0 Å². The van der Waals surface area contributed by atoms with Crippen molar-refractivity contribution in [3.8, 4) is 0 Å². The van der Waals surface area contributed by atoms with Crippen LogP contribution in [-0.4, -0.2) is 0 Å². The van der Waals surface area contributed by atoms with Crippen LogP contribution in [0, 0.1) is 5.92 Å². The standard InChI is InChI=1S/C21H20Cl3N/c1-11(2)12-6-8-13(9-7-12)20-15-5-3-4-14(15)18-19(24)16(22)10-17(23)21(18)25-20/h3-4,6-11,14-15,20,25H,5H2,1-2H3/t14-,15+,20+/m1/s1. The van der Waals surface area contributed by atoms with Crippen molar-refractivity contribution in [1.29, 1.82) is 0 Å². The third kappa shape index (κ3) is 2.87. The molecule has 1 N–H and O–H groups in total. The Hall–Kier alpha value is -1.15. The largest absolute Gasteiger partial charge is 0.376 e. The van der Waals surface area contributed by atoms with Crippen molar-refractivity contribution >= 4 is 40.5 Å². The first-order chi connectivity index (χ1) is 12.0. The fourth-order valence-electron chi connectivity index (χ4n) is 4.08. The van der Waals surface area contributed by atoms with Gasteiger partial charge in [0.15, 0.2) is 0 Å². The van der Waals surface area contributed by atoms with Crippen molar-refractivity contribution in [2.24, 2.45) is 5.92 Å². The molecule has 2 aromatic carbocycles. The van der Waals surface area contributed by atoms with Gasteiger partial charge in [0.05, 0.1) is 26.8 Å². The van der Waals surface area contributed by atoms with Gasteiger partial charge in [0.1, 0.15) is 0 Å². The van der Waals surface area contributed by atoms with E-state index in [2.05, 4.69) is 55.6 Å². The Morgan fingerprint density at radius 2 is 1.76 bits per heavy atom. The zero-order chi connectivity index (χ0) is 17.7. The zero-order valence-corrected chi connectivity index (χ0v) is 16.5. The lowest BCUT2D eigenvalue weighted by atomic mass is 9.77. The summed E-state index contributed by atoms with van der Waals surface area (Å²) in [7, 11) is 0. The molecule has 0 spiro atoms. The summed E-state index contributed by atoms with van der Waals surface area (Å²) in [4.78, 5) is 0. The minimum atomic E-state index is 0.212. The quantitative estimate of drug-likeness (QED) is 0.410. The van der Waals surface area contributed by atoms with Gasteiger partial charge in [-0.2, -0.15) is 0 Å². The lowest BCUT2D eigenvalue weighted by Gasteiger charge is -2.38. The van der Waals surface area contributed by atoms with Crippen LogP contribution in [0.4, 0.5) is 5.69 Å². The summed E-state index contributed by atoms with van der Waals surface area (Å²) in [5.41, 5.74) is 4.60. The van der Waals surface area contributed by atoms with Crippen LogP contribution in [0.5, 0.6) is 0 Å². The highest BCUT2D eigenvalue weighted by Crippen LogP contribution is 2.54. The second-order valence-electron chi connectivity index (χ2n) is 7.24. The zero-order valence-electron chi connectivity index (χ0n) is 14.2. The van der Waals surface area contributed by atoms with Crippen LogP contribution in [0.15, 0.2) is 42.5 Å². The highest BCUT2D eigenvalue weighted by atomic mass is 35.5. The number of fused-ring (bicyclic) bond motifs is 3. The number of benzene rings is 2. The van der Waals surface area contributed by atoms with Gasteiger partial charge < -0.3 is 5.32 Å². The number of hydrogen-bond donors (Lipinski definition) is 1. The van der Waals surface area contributed by atoms with Crippen molar-refractivity contribution in [2.45, 2.75) is 38.1 Å². The molecule has 0 fully saturated rings. The molecule has 25 heavy (non-hydrogen) atoms. The Labute approximate surface area is 164 Å². The molecule has 2 aromatic rings. The number of hydrogen-bond acceptors (Lipinski definition) is 1. The van der Waals surface area contributed by atoms with Crippen LogP contribution < -0.4 is 5.32 Å². The maximum atomic E-state index is 6.53. The minimum absolute atomic E-state index is 0.212. The topological polar surface area (TPSA) is 12.0 Å². The average Bonchev–Trinajstić information content (AvgIpc) is 3.08. The summed E-state index contributed by atoms with van der Waals surface area (Å²) in [6, 6.07) is 10.9. The predicted octanol–water partition coefficient (Wildman–Crippen LogP) is 7.60. The van der Waals surface area contributed by atoms with Crippen LogP contribution in [0.1, 0.15) is 54.8 Å². The summed E-state index contributed by atoms with van der Waals surface area (Å²) in [6.07, 6.45) is 5.51.